The van der Waals surface area contributed by atoms with E-state index in [1.807, 2.05) is 0 Å². The topological polar surface area (TPSA) is 52.6 Å². The average molecular weight is 354 g/mol. The normalized spacial score (nSPS) is 9.65. The largest absolute Gasteiger partial charge is 0.479 e. The molecule has 0 amide bonds. The van der Waals surface area contributed by atoms with Gasteiger partial charge in [0.25, 0.3) is 0 Å². The van der Waals surface area contributed by atoms with E-state index < -0.39 is 29.1 Å². The second kappa shape index (κ2) is 8.58. The van der Waals surface area contributed by atoms with Gasteiger partial charge in [0, 0.05) is 5.56 Å². The molecule has 0 heterocycles. The van der Waals surface area contributed by atoms with E-state index in [4.69, 9.17) is 11.8 Å². The lowest BCUT2D eigenvalue weighted by Crippen LogP contribution is -2.10. The van der Waals surface area contributed by atoms with Gasteiger partial charge in [-0.3, -0.25) is 4.79 Å². The fraction of sp³-hybridized carbons (Fsp3) is 0.0500. The molecule has 4 nitrogen and oxygen atoms in total. The number of hydrogen-bond donors (Lipinski definition) is 0. The van der Waals surface area contributed by atoms with Gasteiger partial charge in [-0.1, -0.05) is 18.4 Å². The summed E-state index contributed by atoms with van der Waals surface area (Å²) in [5, 5.41) is 0. The van der Waals surface area contributed by atoms with Gasteiger partial charge in [0.2, 0.25) is 11.6 Å². The molecule has 0 aliphatic heterocycles. The van der Waals surface area contributed by atoms with Crippen molar-refractivity contribution in [1.82, 2.24) is 0 Å². The number of allylic oxidation sites excluding steroid dienone is 1. The summed E-state index contributed by atoms with van der Waals surface area (Å²) in [7, 11) is 4.79. The number of ether oxygens (including phenoxy) is 2. The van der Waals surface area contributed by atoms with Crippen LogP contribution in [0.1, 0.15) is 22.3 Å². The number of hydrogen-bond acceptors (Lipinski definition) is 4. The second-order valence-electron chi connectivity index (χ2n) is 4.92. The van der Waals surface area contributed by atoms with Crippen LogP contribution in [-0.2, 0) is 4.79 Å². The summed E-state index contributed by atoms with van der Waals surface area (Å²) in [5.74, 6) is 0.467. The Balaban J connectivity index is 2.10. The Morgan fingerprint density at radius 3 is 2.31 bits per heavy atom. The number of halogens is 2. The Kier molecular flexibility index (Phi) is 6.23. The maximum absolute atomic E-state index is 13.8. The molecule has 0 fully saturated rings. The van der Waals surface area contributed by atoms with E-state index in [0.717, 1.165) is 12.1 Å². The fourth-order valence-electron chi connectivity index (χ4n) is 1.84. The zero-order valence-electron chi connectivity index (χ0n) is 13.4. The van der Waals surface area contributed by atoms with Gasteiger partial charge in [0.15, 0.2) is 24.4 Å². The zero-order chi connectivity index (χ0) is 19.1. The molecule has 0 saturated carbocycles. The Morgan fingerprint density at radius 1 is 1.08 bits per heavy atom. The number of rotatable bonds is 5. The van der Waals surface area contributed by atoms with E-state index in [9.17, 15) is 18.4 Å². The summed E-state index contributed by atoms with van der Waals surface area (Å²) in [6.45, 7) is 3.34. The fourth-order valence-corrected chi connectivity index (χ4v) is 1.84. The highest BCUT2D eigenvalue weighted by Gasteiger charge is 2.18. The lowest BCUT2D eigenvalue weighted by Gasteiger charge is -2.08. The molecule has 0 saturated heterocycles. The molecule has 0 N–H and O–H groups in total. The summed E-state index contributed by atoms with van der Waals surface area (Å²) < 4.78 is 36.3. The minimum absolute atomic E-state index is 0.0423. The SMILES string of the molecule is [CH]Oc1ccc(OC(=O)c2ccc(C#CCC(=O)C=C)cc2)c(F)c1F. The van der Waals surface area contributed by atoms with Gasteiger partial charge in [0.05, 0.1) is 12.0 Å². The lowest BCUT2D eigenvalue weighted by molar-refractivity contribution is -0.113. The Morgan fingerprint density at radius 2 is 1.69 bits per heavy atom. The lowest BCUT2D eigenvalue weighted by atomic mass is 10.1. The molecule has 0 unspecified atom stereocenters. The average Bonchev–Trinajstić information content (AvgIpc) is 2.66. The molecule has 2 radical (unpaired) electrons. The first-order valence-electron chi connectivity index (χ1n) is 7.27. The van der Waals surface area contributed by atoms with Crippen LogP contribution in [0.15, 0.2) is 49.1 Å². The van der Waals surface area contributed by atoms with Crippen LogP contribution in [-0.4, -0.2) is 11.8 Å². The molecule has 0 atom stereocenters. The third kappa shape index (κ3) is 4.54. The maximum Gasteiger partial charge on any atom is 0.343 e. The first-order valence-corrected chi connectivity index (χ1v) is 7.27. The summed E-state index contributed by atoms with van der Waals surface area (Å²) in [6, 6.07) is 7.94. The van der Waals surface area contributed by atoms with Crippen LogP contribution in [0.25, 0.3) is 0 Å². The smallest absolute Gasteiger partial charge is 0.343 e. The number of esters is 1. The molecule has 26 heavy (non-hydrogen) atoms. The van der Waals surface area contributed by atoms with Crippen LogP contribution >= 0.6 is 0 Å². The highest BCUT2D eigenvalue weighted by molar-refractivity contribution is 5.91. The van der Waals surface area contributed by atoms with Crippen molar-refractivity contribution in [2.45, 2.75) is 6.42 Å². The third-order valence-electron chi connectivity index (χ3n) is 3.18. The van der Waals surface area contributed by atoms with E-state index in [0.29, 0.717) is 5.56 Å². The Labute approximate surface area is 149 Å². The minimum Gasteiger partial charge on any atom is -0.479 e. The molecule has 2 aromatic carbocycles. The number of carbonyl (C=O) groups is 2. The summed E-state index contributed by atoms with van der Waals surface area (Å²) >= 11 is 0. The van der Waals surface area contributed by atoms with E-state index >= 15 is 0 Å². The number of benzene rings is 2. The molecular formula is C20H12F2O4. The number of carbonyl (C=O) groups excluding carboxylic acids is 2. The van der Waals surface area contributed by atoms with Crippen molar-refractivity contribution < 1.29 is 27.8 Å². The molecule has 0 aliphatic rings. The van der Waals surface area contributed by atoms with Crippen LogP contribution in [0.5, 0.6) is 11.5 Å². The molecule has 0 bridgehead atoms. The van der Waals surface area contributed by atoms with Crippen LogP contribution in [0.2, 0.25) is 0 Å². The quantitative estimate of drug-likeness (QED) is 0.355. The molecule has 2 rings (SSSR count). The van der Waals surface area contributed by atoms with E-state index in [-0.39, 0.29) is 17.8 Å². The van der Waals surface area contributed by atoms with Crippen LogP contribution < -0.4 is 9.47 Å². The van der Waals surface area contributed by atoms with Crippen molar-refractivity contribution in [2.24, 2.45) is 0 Å². The maximum atomic E-state index is 13.8. The highest BCUT2D eigenvalue weighted by Crippen LogP contribution is 2.28. The molecule has 130 valence electrons. The van der Waals surface area contributed by atoms with Crippen LogP contribution in [0.3, 0.4) is 0 Å². The van der Waals surface area contributed by atoms with Gasteiger partial charge in [-0.2, -0.15) is 8.78 Å². The first kappa shape index (κ1) is 18.9. The summed E-state index contributed by atoms with van der Waals surface area (Å²) in [6.07, 6.45) is 1.22. The molecule has 0 aromatic heterocycles. The minimum atomic E-state index is -1.39. The van der Waals surface area contributed by atoms with Gasteiger partial charge in [0.1, 0.15) is 0 Å². The van der Waals surface area contributed by atoms with Gasteiger partial charge < -0.3 is 9.47 Å². The van der Waals surface area contributed by atoms with Gasteiger partial charge in [-0.25, -0.2) is 4.79 Å². The third-order valence-corrected chi connectivity index (χ3v) is 3.18. The predicted octanol–water partition coefficient (Wildman–Crippen LogP) is 3.73. The van der Waals surface area contributed by atoms with Crippen molar-refractivity contribution in [3.8, 4) is 23.3 Å². The number of ketones is 1. The van der Waals surface area contributed by atoms with Crippen molar-refractivity contribution in [3.05, 3.63) is 78.9 Å². The van der Waals surface area contributed by atoms with Crippen molar-refractivity contribution in [3.63, 3.8) is 0 Å². The molecule has 0 spiro atoms. The molecule has 2 aromatic rings. The monoisotopic (exact) mass is 354 g/mol. The molecule has 6 heteroatoms. The van der Waals surface area contributed by atoms with Crippen LogP contribution in [0.4, 0.5) is 8.78 Å². The second-order valence-corrected chi connectivity index (χ2v) is 4.92. The van der Waals surface area contributed by atoms with E-state index in [2.05, 4.69) is 23.2 Å². The standard InChI is InChI=1S/C20H12F2O4/c1-3-15(23)6-4-5-13-7-9-14(10-8-13)20(24)26-17-12-11-16(25-2)18(21)19(17)22/h2-3,7-12H,1,6H2. The predicted molar refractivity (Wildman–Crippen MR) is 89.4 cm³/mol. The Bertz CT molecular complexity index is 906. The zero-order valence-corrected chi connectivity index (χ0v) is 13.4. The van der Waals surface area contributed by atoms with Crippen molar-refractivity contribution in [1.29, 1.82) is 0 Å². The van der Waals surface area contributed by atoms with Gasteiger partial charge in [-0.05, 0) is 42.5 Å². The van der Waals surface area contributed by atoms with Gasteiger partial charge >= 0.3 is 5.97 Å². The van der Waals surface area contributed by atoms with Crippen molar-refractivity contribution in [2.75, 3.05) is 0 Å². The van der Waals surface area contributed by atoms with E-state index in [1.54, 1.807) is 0 Å². The molecule has 0 aliphatic carbocycles. The summed E-state index contributed by atoms with van der Waals surface area (Å²) in [4.78, 5) is 23.1. The van der Waals surface area contributed by atoms with Gasteiger partial charge in [-0.15, -0.1) is 0 Å². The van der Waals surface area contributed by atoms with Crippen molar-refractivity contribution >= 4 is 11.8 Å². The Hall–Kier alpha value is -3.46. The highest BCUT2D eigenvalue weighted by atomic mass is 19.2. The summed E-state index contributed by atoms with van der Waals surface area (Å²) in [5.41, 5.74) is 0.678. The van der Waals surface area contributed by atoms with Crippen LogP contribution in [0, 0.1) is 30.6 Å². The molecular weight excluding hydrogens is 342 g/mol. The van der Waals surface area contributed by atoms with E-state index in [1.165, 1.54) is 30.3 Å². The first-order chi connectivity index (χ1) is 12.5.